The van der Waals surface area contributed by atoms with Crippen LogP contribution in [-0.2, 0) is 10.0 Å². The predicted molar refractivity (Wildman–Crippen MR) is 52.9 cm³/mol. The summed E-state index contributed by atoms with van der Waals surface area (Å²) in [5.41, 5.74) is 0. The van der Waals surface area contributed by atoms with E-state index in [-0.39, 0.29) is 4.75 Å². The van der Waals surface area contributed by atoms with Gasteiger partial charge in [-0.15, -0.1) is 0 Å². The maximum absolute atomic E-state index is 10.8. The monoisotopic (exact) mass is 209 g/mol. The third kappa shape index (κ3) is 3.33. The standard InChI is InChI=1S/C7H15NO2S2/c1-7(4-3-5-11-7)6-8-12(2,9)10/h8H,3-6H2,1-2H3. The van der Waals surface area contributed by atoms with Gasteiger partial charge >= 0.3 is 0 Å². The van der Waals surface area contributed by atoms with Crippen molar-refractivity contribution in [3.8, 4) is 0 Å². The van der Waals surface area contributed by atoms with E-state index in [1.54, 1.807) is 0 Å². The van der Waals surface area contributed by atoms with E-state index in [9.17, 15) is 8.42 Å². The van der Waals surface area contributed by atoms with Gasteiger partial charge in [0.1, 0.15) is 0 Å². The molecule has 1 heterocycles. The van der Waals surface area contributed by atoms with E-state index in [1.165, 1.54) is 12.7 Å². The van der Waals surface area contributed by atoms with Gasteiger partial charge in [-0.2, -0.15) is 11.8 Å². The van der Waals surface area contributed by atoms with Crippen molar-refractivity contribution in [3.63, 3.8) is 0 Å². The van der Waals surface area contributed by atoms with E-state index in [0.29, 0.717) is 6.54 Å². The van der Waals surface area contributed by atoms with Crippen molar-refractivity contribution in [2.24, 2.45) is 0 Å². The highest BCUT2D eigenvalue weighted by Crippen LogP contribution is 2.36. The van der Waals surface area contributed by atoms with E-state index in [2.05, 4.69) is 11.6 Å². The largest absolute Gasteiger partial charge is 0.214 e. The molecule has 1 rings (SSSR count). The zero-order chi connectivity index (χ0) is 9.24. The Morgan fingerprint density at radius 1 is 1.58 bits per heavy atom. The number of nitrogens with one attached hydrogen (secondary N) is 1. The second-order valence-corrected chi connectivity index (χ2v) is 7.01. The van der Waals surface area contributed by atoms with Gasteiger partial charge in [-0.25, -0.2) is 13.1 Å². The third-order valence-corrected chi connectivity index (χ3v) is 4.22. The summed E-state index contributed by atoms with van der Waals surface area (Å²) in [6, 6.07) is 0. The fourth-order valence-electron chi connectivity index (χ4n) is 1.26. The molecular weight excluding hydrogens is 194 g/mol. The van der Waals surface area contributed by atoms with Crippen LogP contribution in [0.3, 0.4) is 0 Å². The van der Waals surface area contributed by atoms with Crippen molar-refractivity contribution >= 4 is 21.8 Å². The van der Waals surface area contributed by atoms with Gasteiger partial charge in [-0.1, -0.05) is 0 Å². The second-order valence-electron chi connectivity index (χ2n) is 3.50. The van der Waals surface area contributed by atoms with Crippen LogP contribution in [0.1, 0.15) is 19.8 Å². The van der Waals surface area contributed by atoms with Gasteiger partial charge in [0.2, 0.25) is 10.0 Å². The topological polar surface area (TPSA) is 46.2 Å². The van der Waals surface area contributed by atoms with Crippen LogP contribution in [-0.4, -0.2) is 31.7 Å². The minimum absolute atomic E-state index is 0.128. The van der Waals surface area contributed by atoms with E-state index < -0.39 is 10.0 Å². The highest BCUT2D eigenvalue weighted by atomic mass is 32.2. The molecule has 1 unspecified atom stereocenters. The Bertz CT molecular complexity index is 242. The molecule has 0 amide bonds. The highest BCUT2D eigenvalue weighted by molar-refractivity contribution is 8.01. The number of hydrogen-bond donors (Lipinski definition) is 1. The Morgan fingerprint density at radius 3 is 2.67 bits per heavy atom. The quantitative estimate of drug-likeness (QED) is 0.748. The van der Waals surface area contributed by atoms with E-state index in [0.717, 1.165) is 12.2 Å². The van der Waals surface area contributed by atoms with Crippen LogP contribution in [0.4, 0.5) is 0 Å². The molecule has 1 aliphatic heterocycles. The molecule has 0 spiro atoms. The normalized spacial score (nSPS) is 30.8. The smallest absolute Gasteiger partial charge is 0.208 e. The molecule has 72 valence electrons. The molecular formula is C7H15NO2S2. The lowest BCUT2D eigenvalue weighted by Gasteiger charge is -2.21. The van der Waals surface area contributed by atoms with Gasteiger partial charge in [0, 0.05) is 11.3 Å². The Morgan fingerprint density at radius 2 is 2.25 bits per heavy atom. The predicted octanol–water partition coefficient (Wildman–Crippen LogP) is 0.821. The van der Waals surface area contributed by atoms with Crippen molar-refractivity contribution in [1.82, 2.24) is 4.72 Å². The van der Waals surface area contributed by atoms with Crippen LogP contribution in [0.15, 0.2) is 0 Å². The molecule has 0 aliphatic carbocycles. The fourth-order valence-corrected chi connectivity index (χ4v) is 3.18. The minimum atomic E-state index is -3.01. The number of sulfonamides is 1. The Hall–Kier alpha value is 0.260. The molecule has 12 heavy (non-hydrogen) atoms. The maximum Gasteiger partial charge on any atom is 0.208 e. The molecule has 1 N–H and O–H groups in total. The van der Waals surface area contributed by atoms with Crippen LogP contribution in [0.2, 0.25) is 0 Å². The van der Waals surface area contributed by atoms with Gasteiger partial charge in [0.05, 0.1) is 6.26 Å². The molecule has 0 radical (unpaired) electrons. The maximum atomic E-state index is 10.8. The summed E-state index contributed by atoms with van der Waals surface area (Å²) in [4.78, 5) is 0. The molecule has 0 saturated carbocycles. The van der Waals surface area contributed by atoms with Crippen molar-refractivity contribution < 1.29 is 8.42 Å². The molecule has 3 nitrogen and oxygen atoms in total. The second kappa shape index (κ2) is 3.55. The number of thioether (sulfide) groups is 1. The van der Waals surface area contributed by atoms with Crippen LogP contribution < -0.4 is 4.72 Å². The molecule has 0 aromatic carbocycles. The first kappa shape index (κ1) is 10.3. The summed E-state index contributed by atoms with van der Waals surface area (Å²) < 4.78 is 24.3. The highest BCUT2D eigenvalue weighted by Gasteiger charge is 2.29. The zero-order valence-corrected chi connectivity index (χ0v) is 9.09. The van der Waals surface area contributed by atoms with Gasteiger partial charge in [-0.3, -0.25) is 0 Å². The average Bonchev–Trinajstić information content (AvgIpc) is 2.32. The molecule has 0 aromatic rings. The SMILES string of the molecule is CC1(CNS(C)(=O)=O)CCCS1. The molecule has 1 fully saturated rings. The molecule has 1 atom stereocenters. The lowest BCUT2D eigenvalue weighted by atomic mass is 10.1. The molecule has 0 bridgehead atoms. The average molecular weight is 209 g/mol. The summed E-state index contributed by atoms with van der Waals surface area (Å²) in [6.07, 6.45) is 3.52. The van der Waals surface area contributed by atoms with Crippen LogP contribution >= 0.6 is 11.8 Å². The summed E-state index contributed by atoms with van der Waals surface area (Å²) in [6.45, 7) is 2.68. The number of hydrogen-bond acceptors (Lipinski definition) is 3. The molecule has 5 heteroatoms. The molecule has 1 aliphatic rings. The van der Waals surface area contributed by atoms with Gasteiger partial charge in [0.15, 0.2) is 0 Å². The van der Waals surface area contributed by atoms with Crippen LogP contribution in [0, 0.1) is 0 Å². The van der Waals surface area contributed by atoms with Crippen molar-refractivity contribution in [2.75, 3.05) is 18.6 Å². The van der Waals surface area contributed by atoms with Crippen molar-refractivity contribution in [1.29, 1.82) is 0 Å². The minimum Gasteiger partial charge on any atom is -0.214 e. The zero-order valence-electron chi connectivity index (χ0n) is 7.46. The fraction of sp³-hybridized carbons (Fsp3) is 1.00. The van der Waals surface area contributed by atoms with Crippen LogP contribution in [0.5, 0.6) is 0 Å². The Kier molecular flexibility index (Phi) is 3.06. The number of rotatable bonds is 3. The van der Waals surface area contributed by atoms with Gasteiger partial charge < -0.3 is 0 Å². The Balaban J connectivity index is 2.41. The first-order valence-corrected chi connectivity index (χ1v) is 6.88. The lowest BCUT2D eigenvalue weighted by molar-refractivity contribution is 0.557. The summed E-state index contributed by atoms with van der Waals surface area (Å²) in [5, 5.41) is 0. The van der Waals surface area contributed by atoms with Gasteiger partial charge in [0.25, 0.3) is 0 Å². The van der Waals surface area contributed by atoms with E-state index in [4.69, 9.17) is 0 Å². The van der Waals surface area contributed by atoms with E-state index in [1.807, 2.05) is 11.8 Å². The third-order valence-electron chi connectivity index (χ3n) is 2.01. The van der Waals surface area contributed by atoms with Crippen molar-refractivity contribution in [2.45, 2.75) is 24.5 Å². The van der Waals surface area contributed by atoms with Gasteiger partial charge in [-0.05, 0) is 25.5 Å². The summed E-state index contributed by atoms with van der Waals surface area (Å²) in [7, 11) is -3.01. The molecule has 1 saturated heterocycles. The Labute approximate surface area is 78.4 Å². The summed E-state index contributed by atoms with van der Waals surface area (Å²) >= 11 is 1.86. The summed E-state index contributed by atoms with van der Waals surface area (Å²) in [5.74, 6) is 1.15. The van der Waals surface area contributed by atoms with Crippen molar-refractivity contribution in [3.05, 3.63) is 0 Å². The van der Waals surface area contributed by atoms with Crippen LogP contribution in [0.25, 0.3) is 0 Å². The molecule has 0 aromatic heterocycles. The first-order valence-electron chi connectivity index (χ1n) is 4.00. The lowest BCUT2D eigenvalue weighted by Crippen LogP contribution is -2.36. The first-order chi connectivity index (χ1) is 5.41. The van der Waals surface area contributed by atoms with E-state index >= 15 is 0 Å².